The Bertz CT molecular complexity index is 575. The molecule has 0 bridgehead atoms. The van der Waals surface area contributed by atoms with Crippen molar-refractivity contribution in [2.45, 2.75) is 26.4 Å². The third kappa shape index (κ3) is 2.53. The Hall–Kier alpha value is -1.32. The number of hydrogen-bond donors (Lipinski definition) is 1. The van der Waals surface area contributed by atoms with Crippen LogP contribution in [0.25, 0.3) is 11.0 Å². The van der Waals surface area contributed by atoms with Gasteiger partial charge in [0.15, 0.2) is 0 Å². The van der Waals surface area contributed by atoms with Crippen molar-refractivity contribution >= 4 is 11.0 Å². The van der Waals surface area contributed by atoms with Crippen LogP contribution in [-0.4, -0.2) is 18.5 Å². The number of rotatable bonds is 5. The average molecular weight is 258 g/mol. The highest BCUT2D eigenvalue weighted by molar-refractivity contribution is 5.82. The van der Waals surface area contributed by atoms with E-state index < -0.39 is 0 Å². The third-order valence-electron chi connectivity index (χ3n) is 4.22. The quantitative estimate of drug-likeness (QED) is 0.896. The number of furan rings is 1. The fourth-order valence-corrected chi connectivity index (χ4v) is 2.86. The van der Waals surface area contributed by atoms with Gasteiger partial charge in [-0.3, -0.25) is 4.90 Å². The van der Waals surface area contributed by atoms with Gasteiger partial charge in [0.05, 0.1) is 6.54 Å². The molecule has 1 saturated carbocycles. The van der Waals surface area contributed by atoms with Gasteiger partial charge in [0.2, 0.25) is 0 Å². The largest absolute Gasteiger partial charge is 0.459 e. The summed E-state index contributed by atoms with van der Waals surface area (Å²) in [5.74, 6) is 2.79. The maximum absolute atomic E-state index is 5.97. The van der Waals surface area contributed by atoms with Crippen molar-refractivity contribution in [1.29, 1.82) is 0 Å². The Balaban J connectivity index is 1.79. The highest BCUT2D eigenvalue weighted by Crippen LogP contribution is 2.38. The fourth-order valence-electron chi connectivity index (χ4n) is 2.86. The molecule has 0 saturated heterocycles. The predicted molar refractivity (Wildman–Crippen MR) is 77.7 cm³/mol. The van der Waals surface area contributed by atoms with Gasteiger partial charge in [-0.15, -0.1) is 0 Å². The highest BCUT2D eigenvalue weighted by atomic mass is 16.3. The first kappa shape index (κ1) is 12.7. The molecule has 1 fully saturated rings. The lowest BCUT2D eigenvalue weighted by Crippen LogP contribution is -2.21. The maximum Gasteiger partial charge on any atom is 0.134 e. The maximum atomic E-state index is 5.97. The van der Waals surface area contributed by atoms with Crippen molar-refractivity contribution in [1.82, 2.24) is 4.90 Å². The van der Waals surface area contributed by atoms with Gasteiger partial charge >= 0.3 is 0 Å². The number of para-hydroxylation sites is 1. The van der Waals surface area contributed by atoms with Crippen LogP contribution in [0.1, 0.15) is 24.7 Å². The minimum Gasteiger partial charge on any atom is -0.459 e. The summed E-state index contributed by atoms with van der Waals surface area (Å²) in [5, 5.41) is 1.16. The molecule has 1 aliphatic rings. The zero-order chi connectivity index (χ0) is 13.4. The van der Waals surface area contributed by atoms with E-state index in [2.05, 4.69) is 24.9 Å². The second-order valence-corrected chi connectivity index (χ2v) is 5.87. The summed E-state index contributed by atoms with van der Waals surface area (Å²) < 4.78 is 5.97. The third-order valence-corrected chi connectivity index (χ3v) is 4.22. The lowest BCUT2D eigenvalue weighted by Gasteiger charge is -2.15. The van der Waals surface area contributed by atoms with Gasteiger partial charge in [-0.05, 0) is 31.4 Å². The van der Waals surface area contributed by atoms with E-state index in [1.54, 1.807) is 0 Å². The zero-order valence-corrected chi connectivity index (χ0v) is 11.7. The first-order valence-electron chi connectivity index (χ1n) is 7.07. The first-order chi connectivity index (χ1) is 9.19. The van der Waals surface area contributed by atoms with Crippen molar-refractivity contribution in [2.75, 3.05) is 13.6 Å². The highest BCUT2D eigenvalue weighted by Gasteiger charge is 2.33. The van der Waals surface area contributed by atoms with Crippen molar-refractivity contribution in [2.24, 2.45) is 17.6 Å². The monoisotopic (exact) mass is 258 g/mol. The van der Waals surface area contributed by atoms with Crippen molar-refractivity contribution in [3.63, 3.8) is 0 Å². The molecule has 1 aromatic heterocycles. The van der Waals surface area contributed by atoms with Crippen molar-refractivity contribution in [3.05, 3.63) is 35.6 Å². The molecule has 0 aliphatic heterocycles. The summed E-state index contributed by atoms with van der Waals surface area (Å²) in [4.78, 5) is 2.35. The number of benzene rings is 1. The number of nitrogens with zero attached hydrogens (tertiary/aromatic N) is 1. The number of nitrogens with two attached hydrogens (primary N) is 1. The van der Waals surface area contributed by atoms with Crippen LogP contribution in [0.2, 0.25) is 0 Å². The minimum atomic E-state index is 0.542. The zero-order valence-electron chi connectivity index (χ0n) is 11.7. The first-order valence-corrected chi connectivity index (χ1v) is 7.07. The molecule has 2 N–H and O–H groups in total. The van der Waals surface area contributed by atoms with Crippen LogP contribution in [0.3, 0.4) is 0 Å². The molecule has 0 amide bonds. The molecule has 2 atom stereocenters. The van der Waals surface area contributed by atoms with Gasteiger partial charge in [0, 0.05) is 24.0 Å². The molecule has 3 heteroatoms. The molecular formula is C16H22N2O. The van der Waals surface area contributed by atoms with Crippen LogP contribution >= 0.6 is 0 Å². The molecular weight excluding hydrogens is 236 g/mol. The topological polar surface area (TPSA) is 42.4 Å². The summed E-state index contributed by atoms with van der Waals surface area (Å²) in [6.07, 6.45) is 1.37. The Labute approximate surface area is 114 Å². The fraction of sp³-hybridized carbons (Fsp3) is 0.500. The van der Waals surface area contributed by atoms with Crippen LogP contribution in [0.5, 0.6) is 0 Å². The van der Waals surface area contributed by atoms with Crippen LogP contribution in [0.15, 0.2) is 28.7 Å². The Morgan fingerprint density at radius 3 is 2.79 bits per heavy atom. The average Bonchev–Trinajstić information content (AvgIpc) is 2.96. The molecule has 0 radical (unpaired) electrons. The van der Waals surface area contributed by atoms with Crippen LogP contribution in [-0.2, 0) is 13.1 Å². The summed E-state index contributed by atoms with van der Waals surface area (Å²) in [7, 11) is 2.17. The van der Waals surface area contributed by atoms with E-state index in [1.165, 1.54) is 6.42 Å². The van der Waals surface area contributed by atoms with E-state index >= 15 is 0 Å². The van der Waals surface area contributed by atoms with E-state index in [9.17, 15) is 0 Å². The molecule has 19 heavy (non-hydrogen) atoms. The number of fused-ring (bicyclic) bond motifs is 1. The van der Waals surface area contributed by atoms with E-state index in [-0.39, 0.29) is 0 Å². The molecule has 1 heterocycles. The van der Waals surface area contributed by atoms with E-state index in [4.69, 9.17) is 10.2 Å². The van der Waals surface area contributed by atoms with Crippen LogP contribution in [0, 0.1) is 11.8 Å². The summed E-state index contributed by atoms with van der Waals surface area (Å²) in [5.41, 5.74) is 8.00. The molecule has 2 aromatic rings. The lowest BCUT2D eigenvalue weighted by atomic mass is 10.1. The Morgan fingerprint density at radius 1 is 1.37 bits per heavy atom. The van der Waals surface area contributed by atoms with Gasteiger partial charge in [0.25, 0.3) is 0 Å². The molecule has 1 aromatic carbocycles. The summed E-state index contributed by atoms with van der Waals surface area (Å²) in [6, 6.07) is 8.15. The second kappa shape index (κ2) is 4.99. The number of hydrogen-bond acceptors (Lipinski definition) is 3. The molecule has 1 aliphatic carbocycles. The van der Waals surface area contributed by atoms with Gasteiger partial charge in [-0.2, -0.15) is 0 Å². The smallest absolute Gasteiger partial charge is 0.134 e. The normalized spacial score (nSPS) is 22.3. The molecule has 102 valence electrons. The second-order valence-electron chi connectivity index (χ2n) is 5.87. The van der Waals surface area contributed by atoms with Gasteiger partial charge in [-0.25, -0.2) is 0 Å². The lowest BCUT2D eigenvalue weighted by molar-refractivity contribution is 0.282. The van der Waals surface area contributed by atoms with E-state index in [0.717, 1.165) is 47.2 Å². The van der Waals surface area contributed by atoms with Crippen molar-refractivity contribution < 1.29 is 4.42 Å². The minimum absolute atomic E-state index is 0.542. The molecule has 3 nitrogen and oxygen atoms in total. The molecule has 0 spiro atoms. The summed E-state index contributed by atoms with van der Waals surface area (Å²) in [6.45, 7) is 4.87. The molecule has 3 rings (SSSR count). The van der Waals surface area contributed by atoms with Gasteiger partial charge in [0.1, 0.15) is 11.3 Å². The summed E-state index contributed by atoms with van der Waals surface area (Å²) >= 11 is 0. The Morgan fingerprint density at radius 2 is 2.11 bits per heavy atom. The van der Waals surface area contributed by atoms with Crippen molar-refractivity contribution in [3.8, 4) is 0 Å². The van der Waals surface area contributed by atoms with Crippen LogP contribution < -0.4 is 5.73 Å². The van der Waals surface area contributed by atoms with Gasteiger partial charge < -0.3 is 10.2 Å². The SMILES string of the molecule is CC1CC1CN(C)Cc1oc2ccccc2c1CN. The predicted octanol–water partition coefficient (Wildman–Crippen LogP) is 2.98. The standard InChI is InChI=1S/C16H22N2O/c1-11-7-12(11)9-18(2)10-16-14(8-17)13-5-3-4-6-15(13)19-16/h3-6,11-12H,7-10,17H2,1-2H3. The van der Waals surface area contributed by atoms with Gasteiger partial charge in [-0.1, -0.05) is 25.1 Å². The van der Waals surface area contributed by atoms with E-state index in [0.29, 0.717) is 6.54 Å². The van der Waals surface area contributed by atoms with E-state index in [1.807, 2.05) is 18.2 Å². The Kier molecular flexibility index (Phi) is 3.33. The van der Waals surface area contributed by atoms with Crippen LogP contribution in [0.4, 0.5) is 0 Å². The molecule has 2 unspecified atom stereocenters.